The Morgan fingerprint density at radius 3 is 2.07 bits per heavy atom. The maximum atomic E-state index is 6.22. The van der Waals surface area contributed by atoms with Gasteiger partial charge in [-0.2, -0.15) is 0 Å². The molecule has 0 aliphatic rings. The average Bonchev–Trinajstić information content (AvgIpc) is 3.42. The third-order valence-corrected chi connectivity index (χ3v) is 8.11. The number of hydrogen-bond donors (Lipinski definition) is 0. The summed E-state index contributed by atoms with van der Waals surface area (Å²) in [6.07, 6.45) is 5.66. The van der Waals surface area contributed by atoms with Gasteiger partial charge in [0.2, 0.25) is 5.71 Å². The Labute approximate surface area is 279 Å². The van der Waals surface area contributed by atoms with Gasteiger partial charge in [-0.25, -0.2) is 4.98 Å². The largest absolute Gasteiger partial charge is 0.486 e. The van der Waals surface area contributed by atoms with Crippen LogP contribution in [-0.2, 0) is 32.9 Å². The molecular formula is C40H35IrN3O-2. The van der Waals surface area contributed by atoms with Gasteiger partial charge in [0.05, 0.1) is 5.58 Å². The molecule has 1 radical (unpaired) electrons. The van der Waals surface area contributed by atoms with Crippen LogP contribution in [0.3, 0.4) is 0 Å². The SMILES string of the molecule is Cc1c[c-]c(-c2cc(C)c(C)cn2)cc1.Cc1cnc(-c2[c-]ccc3c2oc2nc(CCc4ccccc4)ccc23)cc1C.[Ir]. The summed E-state index contributed by atoms with van der Waals surface area (Å²) in [5.41, 5.74) is 13.8. The fraction of sp³-hybridized carbons (Fsp3) is 0.175. The van der Waals surface area contributed by atoms with E-state index in [1.165, 1.54) is 33.4 Å². The van der Waals surface area contributed by atoms with Crippen molar-refractivity contribution in [2.24, 2.45) is 0 Å². The molecule has 4 heterocycles. The van der Waals surface area contributed by atoms with Gasteiger partial charge in [0.1, 0.15) is 0 Å². The van der Waals surface area contributed by atoms with Crippen molar-refractivity contribution in [2.45, 2.75) is 47.5 Å². The van der Waals surface area contributed by atoms with E-state index >= 15 is 0 Å². The Bertz CT molecular complexity index is 2060. The maximum absolute atomic E-state index is 6.22. The van der Waals surface area contributed by atoms with Crippen LogP contribution in [0.1, 0.15) is 39.1 Å². The van der Waals surface area contributed by atoms with E-state index < -0.39 is 0 Å². The zero-order valence-electron chi connectivity index (χ0n) is 26.2. The predicted octanol–water partition coefficient (Wildman–Crippen LogP) is 9.72. The van der Waals surface area contributed by atoms with Crippen LogP contribution >= 0.6 is 0 Å². The summed E-state index contributed by atoms with van der Waals surface area (Å²) in [5, 5.41) is 2.08. The standard InChI is InChI=1S/C26H21N2O.C14H14N.Ir/c1-17-15-24(27-16-18(17)2)23-10-6-9-21-22-14-13-20(28-26(22)29-25(21)23)12-11-19-7-4-3-5-8-19;1-10-4-6-13(7-5-10)14-8-11(2)12(3)9-15-14;/h3-9,13-16H,11-12H2,1-2H3;4-6,8-9H,1-3H3;/q2*-1;. The van der Waals surface area contributed by atoms with Gasteiger partial charge in [-0.15, -0.1) is 53.6 Å². The molecule has 0 amide bonds. The summed E-state index contributed by atoms with van der Waals surface area (Å²) in [4.78, 5) is 13.8. The summed E-state index contributed by atoms with van der Waals surface area (Å²) >= 11 is 0. The van der Waals surface area contributed by atoms with Crippen LogP contribution in [0.25, 0.3) is 44.6 Å². The number of pyridine rings is 3. The molecule has 4 aromatic heterocycles. The van der Waals surface area contributed by atoms with Crippen molar-refractivity contribution in [3.8, 4) is 22.5 Å². The van der Waals surface area contributed by atoms with E-state index in [-0.39, 0.29) is 20.1 Å². The fourth-order valence-electron chi connectivity index (χ4n) is 5.10. The smallest absolute Gasteiger partial charge is 0.216 e. The van der Waals surface area contributed by atoms with Crippen LogP contribution in [0, 0.1) is 46.8 Å². The summed E-state index contributed by atoms with van der Waals surface area (Å²) in [5.74, 6) is 0. The molecule has 0 aliphatic carbocycles. The number of rotatable bonds is 5. The molecule has 0 atom stereocenters. The Morgan fingerprint density at radius 2 is 1.38 bits per heavy atom. The molecule has 227 valence electrons. The maximum Gasteiger partial charge on any atom is 0.216 e. The molecular weight excluding hydrogens is 731 g/mol. The van der Waals surface area contributed by atoms with Crippen molar-refractivity contribution in [1.29, 1.82) is 0 Å². The minimum Gasteiger partial charge on any atom is -0.486 e. The second-order valence-corrected chi connectivity index (χ2v) is 11.4. The summed E-state index contributed by atoms with van der Waals surface area (Å²) in [6.45, 7) is 10.4. The quantitative estimate of drug-likeness (QED) is 0.164. The van der Waals surface area contributed by atoms with E-state index in [1.807, 2.05) is 36.7 Å². The van der Waals surface area contributed by atoms with Gasteiger partial charge < -0.3 is 14.4 Å². The van der Waals surface area contributed by atoms with Crippen LogP contribution in [0.5, 0.6) is 0 Å². The Hall–Kier alpha value is -4.44. The first-order valence-corrected chi connectivity index (χ1v) is 15.0. The first-order valence-electron chi connectivity index (χ1n) is 15.0. The molecule has 7 rings (SSSR count). The Morgan fingerprint density at radius 1 is 0.667 bits per heavy atom. The van der Waals surface area contributed by atoms with Crippen LogP contribution in [-0.4, -0.2) is 15.0 Å². The topological polar surface area (TPSA) is 51.8 Å². The van der Waals surface area contributed by atoms with Crippen molar-refractivity contribution in [3.63, 3.8) is 0 Å². The van der Waals surface area contributed by atoms with Gasteiger partial charge in [0.15, 0.2) is 0 Å². The van der Waals surface area contributed by atoms with Crippen LogP contribution in [0.2, 0.25) is 0 Å². The van der Waals surface area contributed by atoms with Crippen LogP contribution < -0.4 is 0 Å². The van der Waals surface area contributed by atoms with Crippen LogP contribution in [0.4, 0.5) is 0 Å². The van der Waals surface area contributed by atoms with Crippen molar-refractivity contribution in [3.05, 3.63) is 149 Å². The number of benzene rings is 3. The Balaban J connectivity index is 0.000000212. The van der Waals surface area contributed by atoms with E-state index in [0.717, 1.165) is 57.4 Å². The minimum atomic E-state index is 0. The van der Waals surface area contributed by atoms with Gasteiger partial charge in [-0.3, -0.25) is 0 Å². The molecule has 0 aliphatic heterocycles. The first kappa shape index (κ1) is 32.0. The molecule has 3 aromatic carbocycles. The minimum absolute atomic E-state index is 0. The van der Waals surface area contributed by atoms with E-state index in [4.69, 9.17) is 9.40 Å². The van der Waals surface area contributed by atoms with E-state index in [2.05, 4.69) is 117 Å². The summed E-state index contributed by atoms with van der Waals surface area (Å²) in [7, 11) is 0. The zero-order valence-corrected chi connectivity index (χ0v) is 28.6. The number of fused-ring (bicyclic) bond motifs is 3. The van der Waals surface area contributed by atoms with Gasteiger partial charge in [0.25, 0.3) is 0 Å². The number of aryl methyl sites for hydroxylation is 7. The fourth-order valence-corrected chi connectivity index (χ4v) is 5.10. The molecule has 0 N–H and O–H groups in total. The van der Waals surface area contributed by atoms with Crippen LogP contribution in [0.15, 0.2) is 102 Å². The molecule has 4 nitrogen and oxygen atoms in total. The van der Waals surface area contributed by atoms with Gasteiger partial charge >= 0.3 is 0 Å². The average molecular weight is 766 g/mol. The molecule has 0 saturated carbocycles. The van der Waals surface area contributed by atoms with Crippen molar-refractivity contribution >= 4 is 22.1 Å². The molecule has 0 spiro atoms. The van der Waals surface area contributed by atoms with E-state index in [0.29, 0.717) is 5.71 Å². The number of nitrogens with zero attached hydrogens (tertiary/aromatic N) is 3. The molecule has 7 aromatic rings. The molecule has 0 unspecified atom stereocenters. The molecule has 0 bridgehead atoms. The van der Waals surface area contributed by atoms with E-state index in [9.17, 15) is 0 Å². The van der Waals surface area contributed by atoms with Gasteiger partial charge in [-0.05, 0) is 80.7 Å². The predicted molar refractivity (Wildman–Crippen MR) is 180 cm³/mol. The molecule has 0 saturated heterocycles. The molecule has 45 heavy (non-hydrogen) atoms. The van der Waals surface area contributed by atoms with Crippen molar-refractivity contribution in [2.75, 3.05) is 0 Å². The third-order valence-electron chi connectivity index (χ3n) is 8.11. The number of furan rings is 1. The molecule has 0 fully saturated rings. The van der Waals surface area contributed by atoms with Crippen molar-refractivity contribution < 1.29 is 24.5 Å². The van der Waals surface area contributed by atoms with E-state index in [1.54, 1.807) is 0 Å². The summed E-state index contributed by atoms with van der Waals surface area (Å²) < 4.78 is 6.22. The second kappa shape index (κ2) is 14.1. The third kappa shape index (κ3) is 7.28. The second-order valence-electron chi connectivity index (χ2n) is 11.4. The first-order chi connectivity index (χ1) is 21.4. The number of aromatic nitrogens is 3. The normalized spacial score (nSPS) is 10.8. The Kier molecular flexibility index (Phi) is 10.0. The van der Waals surface area contributed by atoms with Gasteiger partial charge in [0, 0.05) is 43.6 Å². The van der Waals surface area contributed by atoms with Crippen molar-refractivity contribution in [1.82, 2.24) is 15.0 Å². The van der Waals surface area contributed by atoms with Gasteiger partial charge in [-0.1, -0.05) is 71.5 Å². The zero-order chi connectivity index (χ0) is 30.6. The summed E-state index contributed by atoms with van der Waals surface area (Å²) in [6, 6.07) is 35.6. The monoisotopic (exact) mass is 766 g/mol. The molecule has 5 heteroatoms. The number of hydrogen-bond acceptors (Lipinski definition) is 4.